The number of hydrogen-bond acceptors (Lipinski definition) is 6. The van der Waals surface area contributed by atoms with E-state index in [2.05, 4.69) is 63.2 Å². The Morgan fingerprint density at radius 1 is 1.00 bits per heavy atom. The van der Waals surface area contributed by atoms with E-state index in [0.717, 1.165) is 22.6 Å². The topological polar surface area (TPSA) is 65.5 Å². The van der Waals surface area contributed by atoms with Gasteiger partial charge in [-0.15, -0.1) is 10.2 Å². The molecule has 1 aromatic carbocycles. The highest BCUT2D eigenvalue weighted by Gasteiger charge is 2.39. The maximum absolute atomic E-state index is 6.47. The molecule has 0 aliphatic rings. The molecule has 0 saturated carbocycles. The van der Waals surface area contributed by atoms with E-state index in [9.17, 15) is 0 Å². The summed E-state index contributed by atoms with van der Waals surface area (Å²) >= 11 is 6.44. The lowest BCUT2D eigenvalue weighted by atomic mass is 9.87. The summed E-state index contributed by atoms with van der Waals surface area (Å²) in [5.41, 5.74) is 1.59. The highest BCUT2D eigenvalue weighted by atomic mass is 35.5. The summed E-state index contributed by atoms with van der Waals surface area (Å²) in [5, 5.41) is 12.3. The summed E-state index contributed by atoms with van der Waals surface area (Å²) in [7, 11) is 1.40. The molecule has 0 atom stereocenters. The maximum atomic E-state index is 6.47. The van der Waals surface area contributed by atoms with Gasteiger partial charge in [0.15, 0.2) is 13.5 Å². The van der Waals surface area contributed by atoms with Crippen LogP contribution in [0.5, 0.6) is 11.5 Å². The first-order valence-electron chi connectivity index (χ1n) is 10.4. The van der Waals surface area contributed by atoms with Crippen molar-refractivity contribution in [1.82, 2.24) is 10.2 Å². The van der Waals surface area contributed by atoms with Crippen LogP contribution in [-0.4, -0.2) is 39.3 Å². The highest BCUT2D eigenvalue weighted by molar-refractivity contribution is 6.74. The number of halogens is 1. The number of methoxy groups -OCH3 is 2. The van der Waals surface area contributed by atoms with Gasteiger partial charge in [0.2, 0.25) is 0 Å². The summed E-state index contributed by atoms with van der Waals surface area (Å²) in [4.78, 5) is 0. The number of aromatic nitrogens is 2. The first kappa shape index (κ1) is 25.4. The van der Waals surface area contributed by atoms with Crippen LogP contribution >= 0.6 is 11.6 Å². The smallest absolute Gasteiger partial charge is 0.192 e. The Morgan fingerprint density at radius 3 is 2.26 bits per heavy atom. The van der Waals surface area contributed by atoms with E-state index >= 15 is 0 Å². The van der Waals surface area contributed by atoms with Crippen molar-refractivity contribution in [3.05, 3.63) is 40.5 Å². The van der Waals surface area contributed by atoms with Crippen molar-refractivity contribution in [2.45, 2.75) is 64.7 Å². The lowest BCUT2D eigenvalue weighted by Gasteiger charge is -2.39. The molecule has 2 aromatic rings. The van der Waals surface area contributed by atoms with E-state index in [1.807, 2.05) is 24.3 Å². The van der Waals surface area contributed by atoms with Crippen LogP contribution in [-0.2, 0) is 16.4 Å². The third-order valence-electron chi connectivity index (χ3n) is 6.03. The van der Waals surface area contributed by atoms with E-state index < -0.39 is 8.32 Å². The summed E-state index contributed by atoms with van der Waals surface area (Å²) in [6.45, 7) is 16.6. The van der Waals surface area contributed by atoms with Crippen molar-refractivity contribution in [2.24, 2.45) is 0 Å². The lowest BCUT2D eigenvalue weighted by molar-refractivity contribution is 0.220. The van der Waals surface area contributed by atoms with Crippen LogP contribution in [0.15, 0.2) is 24.3 Å². The number of rotatable bonds is 9. The van der Waals surface area contributed by atoms with E-state index in [1.54, 1.807) is 14.2 Å². The zero-order chi connectivity index (χ0) is 23.4. The number of benzene rings is 1. The quantitative estimate of drug-likeness (QED) is 0.454. The minimum absolute atomic E-state index is 0.146. The predicted octanol–water partition coefficient (Wildman–Crippen LogP) is 6.06. The van der Waals surface area contributed by atoms with Gasteiger partial charge in [0.25, 0.3) is 0 Å². The van der Waals surface area contributed by atoms with E-state index in [-0.39, 0.29) is 10.5 Å². The summed E-state index contributed by atoms with van der Waals surface area (Å²) in [6.07, 6.45) is 0. The van der Waals surface area contributed by atoms with E-state index in [1.165, 1.54) is 0 Å². The second-order valence-electron chi connectivity index (χ2n) is 9.90. The van der Waals surface area contributed by atoms with Crippen LogP contribution in [0.2, 0.25) is 23.3 Å². The first-order chi connectivity index (χ1) is 14.3. The van der Waals surface area contributed by atoms with Crippen molar-refractivity contribution in [1.29, 1.82) is 0 Å². The predicted molar refractivity (Wildman–Crippen MR) is 130 cm³/mol. The minimum Gasteiger partial charge on any atom is -0.497 e. The normalized spacial score (nSPS) is 12.6. The molecule has 1 N–H and O–H groups in total. The van der Waals surface area contributed by atoms with Gasteiger partial charge < -0.3 is 19.2 Å². The number of hydrogen-bond donors (Lipinski definition) is 1. The van der Waals surface area contributed by atoms with Crippen LogP contribution < -0.4 is 14.8 Å². The van der Waals surface area contributed by atoms with Gasteiger partial charge in [0.05, 0.1) is 14.2 Å². The Kier molecular flexibility index (Phi) is 8.00. The van der Waals surface area contributed by atoms with Crippen molar-refractivity contribution >= 4 is 25.7 Å². The Morgan fingerprint density at radius 2 is 1.68 bits per heavy atom. The fourth-order valence-electron chi connectivity index (χ4n) is 2.78. The minimum atomic E-state index is -1.88. The van der Waals surface area contributed by atoms with Crippen LogP contribution in [0, 0.1) is 0 Å². The van der Waals surface area contributed by atoms with Crippen LogP contribution in [0.4, 0.5) is 5.82 Å². The lowest BCUT2D eigenvalue weighted by Crippen LogP contribution is -2.44. The molecule has 0 amide bonds. The fourth-order valence-corrected chi connectivity index (χ4v) is 4.28. The summed E-state index contributed by atoms with van der Waals surface area (Å²) in [6, 6.07) is 7.68. The molecule has 0 saturated heterocycles. The van der Waals surface area contributed by atoms with Gasteiger partial charge in [-0.25, -0.2) is 0 Å². The Labute approximate surface area is 192 Å². The van der Waals surface area contributed by atoms with Gasteiger partial charge in [-0.05, 0) is 36.3 Å². The van der Waals surface area contributed by atoms with Gasteiger partial charge in [-0.1, -0.05) is 46.2 Å². The SMILES string of the molecule is COc1ccc(CNc2cc(C(C)(C)CO[Si](C)(C)C(C)(C)C)c(Cl)nn2)c(OC)c1. The van der Waals surface area contributed by atoms with Gasteiger partial charge in [0, 0.05) is 35.8 Å². The molecule has 0 fully saturated rings. The molecule has 0 aliphatic carbocycles. The third kappa shape index (κ3) is 6.34. The van der Waals surface area contributed by atoms with Gasteiger partial charge in [-0.3, -0.25) is 0 Å². The standard InChI is InChI=1S/C23H36ClN3O3Si/c1-22(2,3)31(8,9)30-15-23(4,5)18-13-20(26-27-21(18)24)25-14-16-10-11-17(28-6)12-19(16)29-7/h10-13H,14-15H2,1-9H3,(H,25,26). The first-order valence-corrected chi connectivity index (χ1v) is 13.7. The zero-order valence-electron chi connectivity index (χ0n) is 20.2. The highest BCUT2D eigenvalue weighted by Crippen LogP contribution is 2.39. The Hall–Kier alpha value is -1.83. The molecule has 0 aliphatic heterocycles. The second kappa shape index (κ2) is 9.75. The summed E-state index contributed by atoms with van der Waals surface area (Å²) in [5.74, 6) is 2.15. The molecular weight excluding hydrogens is 430 g/mol. The molecule has 1 aromatic heterocycles. The third-order valence-corrected chi connectivity index (χ3v) is 10.8. The molecule has 0 spiro atoms. The molecule has 31 heavy (non-hydrogen) atoms. The molecular formula is C23H36ClN3O3Si. The molecule has 6 nitrogen and oxygen atoms in total. The number of anilines is 1. The number of ether oxygens (including phenoxy) is 2. The molecule has 0 unspecified atom stereocenters. The molecule has 1 heterocycles. The van der Waals surface area contributed by atoms with Gasteiger partial charge in [0.1, 0.15) is 17.3 Å². The molecule has 8 heteroatoms. The zero-order valence-corrected chi connectivity index (χ0v) is 22.0. The van der Waals surface area contributed by atoms with Gasteiger partial charge >= 0.3 is 0 Å². The van der Waals surface area contributed by atoms with Gasteiger partial charge in [-0.2, -0.15) is 0 Å². The van der Waals surface area contributed by atoms with E-state index in [0.29, 0.717) is 24.1 Å². The van der Waals surface area contributed by atoms with E-state index in [4.69, 9.17) is 25.5 Å². The molecule has 172 valence electrons. The largest absolute Gasteiger partial charge is 0.497 e. The van der Waals surface area contributed by atoms with Crippen molar-refractivity contribution in [2.75, 3.05) is 26.1 Å². The summed E-state index contributed by atoms with van der Waals surface area (Å²) < 4.78 is 17.2. The molecule has 0 radical (unpaired) electrons. The average Bonchev–Trinajstić information content (AvgIpc) is 2.70. The number of nitrogens with one attached hydrogen (secondary N) is 1. The van der Waals surface area contributed by atoms with Crippen molar-refractivity contribution in [3.63, 3.8) is 0 Å². The Bertz CT molecular complexity index is 898. The van der Waals surface area contributed by atoms with Crippen LogP contribution in [0.3, 0.4) is 0 Å². The maximum Gasteiger partial charge on any atom is 0.192 e. The average molecular weight is 466 g/mol. The molecule has 0 bridgehead atoms. The van der Waals surface area contributed by atoms with Crippen LogP contribution in [0.1, 0.15) is 45.7 Å². The van der Waals surface area contributed by atoms with Crippen molar-refractivity contribution < 1.29 is 13.9 Å². The second-order valence-corrected chi connectivity index (χ2v) is 15.1. The monoisotopic (exact) mass is 465 g/mol. The van der Waals surface area contributed by atoms with Crippen LogP contribution in [0.25, 0.3) is 0 Å². The number of nitrogens with zero attached hydrogens (tertiary/aromatic N) is 2. The Balaban J connectivity index is 2.18. The fraction of sp³-hybridized carbons (Fsp3) is 0.565. The van der Waals surface area contributed by atoms with Crippen molar-refractivity contribution in [3.8, 4) is 11.5 Å². The molecule has 2 rings (SSSR count).